The van der Waals surface area contributed by atoms with Gasteiger partial charge in [0.25, 0.3) is 5.91 Å². The summed E-state index contributed by atoms with van der Waals surface area (Å²) in [4.78, 5) is 38.4. The molecule has 0 aliphatic carbocycles. The summed E-state index contributed by atoms with van der Waals surface area (Å²) in [5.41, 5.74) is 1.36. The van der Waals surface area contributed by atoms with Crippen molar-refractivity contribution in [3.05, 3.63) is 67.5 Å². The van der Waals surface area contributed by atoms with Crippen molar-refractivity contribution in [2.24, 2.45) is 0 Å². The van der Waals surface area contributed by atoms with Gasteiger partial charge in [0.2, 0.25) is 5.78 Å². The number of Topliss-reactive ketones (excluding diaryl/α,β-unsaturated/α-hetero) is 1. The molecule has 1 amide bonds. The van der Waals surface area contributed by atoms with Crippen LogP contribution in [0.2, 0.25) is 0 Å². The fourth-order valence-electron chi connectivity index (χ4n) is 3.87. The summed E-state index contributed by atoms with van der Waals surface area (Å²) in [5, 5.41) is 13.9. The highest BCUT2D eigenvalue weighted by atomic mass is 32.1. The SMILES string of the molecule is CCOc1ccc2nc(N3C(=O)C(O)=C(C(=O)c4sc(C)nc4C)C3c3cccs3)sc2c1. The van der Waals surface area contributed by atoms with E-state index in [4.69, 9.17) is 4.74 Å². The summed E-state index contributed by atoms with van der Waals surface area (Å²) >= 11 is 4.00. The van der Waals surface area contributed by atoms with Gasteiger partial charge in [-0.25, -0.2) is 9.97 Å². The number of benzene rings is 1. The molecule has 0 saturated heterocycles. The van der Waals surface area contributed by atoms with Crippen LogP contribution in [0.25, 0.3) is 10.2 Å². The van der Waals surface area contributed by atoms with Crippen molar-refractivity contribution in [1.82, 2.24) is 9.97 Å². The number of ketones is 1. The Balaban J connectivity index is 1.63. The Morgan fingerprint density at radius 1 is 1.21 bits per heavy atom. The van der Waals surface area contributed by atoms with Crippen LogP contribution >= 0.6 is 34.0 Å². The van der Waals surface area contributed by atoms with E-state index in [2.05, 4.69) is 9.97 Å². The molecule has 1 aromatic carbocycles. The normalized spacial score (nSPS) is 16.3. The van der Waals surface area contributed by atoms with Crippen molar-refractivity contribution >= 4 is 61.0 Å². The molecule has 0 radical (unpaired) electrons. The first-order valence-corrected chi connectivity index (χ1v) is 12.7. The fourth-order valence-corrected chi connectivity index (χ4v) is 6.59. The number of aryl methyl sites for hydroxylation is 2. The minimum absolute atomic E-state index is 0.0588. The average Bonchev–Trinajstić information content (AvgIpc) is 3.55. The average molecular weight is 498 g/mol. The standard InChI is InChI=1S/C23H19N3O4S3/c1-4-30-13-7-8-14-16(10-13)33-23(25-14)26-18(15-6-5-9-31-15)17(20(28)22(26)29)19(27)21-11(2)24-12(3)32-21/h5-10,18,28H,4H2,1-3H3. The van der Waals surface area contributed by atoms with Gasteiger partial charge >= 0.3 is 0 Å². The lowest BCUT2D eigenvalue weighted by Gasteiger charge is -2.22. The number of anilines is 1. The quantitative estimate of drug-likeness (QED) is 0.348. The minimum atomic E-state index is -0.765. The van der Waals surface area contributed by atoms with Gasteiger partial charge in [-0.05, 0) is 50.4 Å². The van der Waals surface area contributed by atoms with Crippen LogP contribution in [-0.4, -0.2) is 33.4 Å². The molecule has 4 heterocycles. The molecule has 168 valence electrons. The van der Waals surface area contributed by atoms with Gasteiger partial charge < -0.3 is 9.84 Å². The molecular weight excluding hydrogens is 478 g/mol. The third-order valence-electron chi connectivity index (χ3n) is 5.24. The lowest BCUT2D eigenvalue weighted by atomic mass is 10.0. The number of fused-ring (bicyclic) bond motifs is 1. The molecule has 0 fully saturated rings. The Kier molecular flexibility index (Phi) is 5.51. The van der Waals surface area contributed by atoms with E-state index in [1.54, 1.807) is 6.92 Å². The number of aliphatic hydroxyl groups excluding tert-OH is 1. The molecule has 3 aromatic heterocycles. The van der Waals surface area contributed by atoms with Gasteiger partial charge in [-0.15, -0.1) is 22.7 Å². The molecule has 4 aromatic rings. The maximum atomic E-state index is 13.6. The topological polar surface area (TPSA) is 92.6 Å². The molecular formula is C23H19N3O4S3. The first-order valence-electron chi connectivity index (χ1n) is 10.2. The number of aliphatic hydroxyl groups is 1. The van der Waals surface area contributed by atoms with Crippen molar-refractivity contribution in [2.45, 2.75) is 26.8 Å². The van der Waals surface area contributed by atoms with Gasteiger partial charge in [-0.1, -0.05) is 17.4 Å². The van der Waals surface area contributed by atoms with Crippen molar-refractivity contribution in [3.8, 4) is 5.75 Å². The molecule has 1 atom stereocenters. The number of thiazole rings is 2. The van der Waals surface area contributed by atoms with E-state index in [-0.39, 0.29) is 11.4 Å². The molecule has 1 N–H and O–H groups in total. The Hall–Kier alpha value is -3.08. The Morgan fingerprint density at radius 3 is 2.70 bits per heavy atom. The Bertz CT molecular complexity index is 1420. The zero-order valence-corrected chi connectivity index (χ0v) is 20.4. The molecule has 5 rings (SSSR count). The van der Waals surface area contributed by atoms with Gasteiger partial charge in [0.05, 0.1) is 38.0 Å². The van der Waals surface area contributed by atoms with Gasteiger partial charge in [-0.3, -0.25) is 14.5 Å². The van der Waals surface area contributed by atoms with Crippen LogP contribution in [0.15, 0.2) is 47.0 Å². The van der Waals surface area contributed by atoms with Gasteiger partial charge in [-0.2, -0.15) is 0 Å². The number of thiophene rings is 1. The molecule has 10 heteroatoms. The largest absolute Gasteiger partial charge is 0.503 e. The first-order chi connectivity index (χ1) is 15.9. The zero-order chi connectivity index (χ0) is 23.3. The fraction of sp³-hybridized carbons (Fsp3) is 0.217. The van der Waals surface area contributed by atoms with Crippen LogP contribution in [0.1, 0.15) is 38.2 Å². The van der Waals surface area contributed by atoms with Gasteiger partial charge in [0.15, 0.2) is 10.9 Å². The molecule has 1 aliphatic heterocycles. The summed E-state index contributed by atoms with van der Waals surface area (Å²) < 4.78 is 6.43. The van der Waals surface area contributed by atoms with E-state index in [0.717, 1.165) is 20.3 Å². The number of hydrogen-bond acceptors (Lipinski definition) is 9. The maximum Gasteiger partial charge on any atom is 0.296 e. The number of aromatic nitrogens is 2. The third-order valence-corrected chi connectivity index (χ3v) is 8.25. The lowest BCUT2D eigenvalue weighted by molar-refractivity contribution is -0.117. The van der Waals surface area contributed by atoms with Crippen LogP contribution in [0.5, 0.6) is 5.75 Å². The smallest absolute Gasteiger partial charge is 0.296 e. The number of nitrogens with zero attached hydrogens (tertiary/aromatic N) is 3. The van der Waals surface area contributed by atoms with Crippen molar-refractivity contribution in [1.29, 1.82) is 0 Å². The van der Waals surface area contributed by atoms with E-state index >= 15 is 0 Å². The summed E-state index contributed by atoms with van der Waals surface area (Å²) in [5.74, 6) is -0.849. The van der Waals surface area contributed by atoms with Crippen LogP contribution in [0, 0.1) is 13.8 Å². The monoisotopic (exact) mass is 497 g/mol. The number of hydrogen-bond donors (Lipinski definition) is 1. The van der Waals surface area contributed by atoms with E-state index < -0.39 is 17.7 Å². The van der Waals surface area contributed by atoms with Crippen molar-refractivity contribution < 1.29 is 19.4 Å². The second-order valence-corrected chi connectivity index (χ2v) is 10.6. The number of rotatable bonds is 6. The molecule has 0 saturated carbocycles. The molecule has 0 bridgehead atoms. The first kappa shape index (κ1) is 21.7. The van der Waals surface area contributed by atoms with E-state index in [0.29, 0.717) is 27.8 Å². The predicted octanol–water partition coefficient (Wildman–Crippen LogP) is 5.61. The second kappa shape index (κ2) is 8.36. The van der Waals surface area contributed by atoms with Gasteiger partial charge in [0, 0.05) is 4.88 Å². The van der Waals surface area contributed by atoms with E-state index in [1.165, 1.54) is 38.9 Å². The van der Waals surface area contributed by atoms with Crippen LogP contribution in [0.4, 0.5) is 5.13 Å². The van der Waals surface area contributed by atoms with Crippen LogP contribution < -0.4 is 9.64 Å². The molecule has 33 heavy (non-hydrogen) atoms. The highest BCUT2D eigenvalue weighted by Crippen LogP contribution is 2.46. The molecule has 1 unspecified atom stereocenters. The maximum absolute atomic E-state index is 13.6. The Morgan fingerprint density at radius 2 is 2.03 bits per heavy atom. The zero-order valence-electron chi connectivity index (χ0n) is 18.0. The van der Waals surface area contributed by atoms with Crippen LogP contribution in [0.3, 0.4) is 0 Å². The summed E-state index contributed by atoms with van der Waals surface area (Å²) in [6, 6.07) is 8.49. The van der Waals surface area contributed by atoms with E-state index in [9.17, 15) is 14.7 Å². The molecule has 1 aliphatic rings. The third kappa shape index (κ3) is 3.64. The summed E-state index contributed by atoms with van der Waals surface area (Å²) in [7, 11) is 0. The van der Waals surface area contributed by atoms with Gasteiger partial charge in [0.1, 0.15) is 11.8 Å². The summed E-state index contributed by atoms with van der Waals surface area (Å²) in [6.45, 7) is 6.04. The van der Waals surface area contributed by atoms with E-state index in [1.807, 2.05) is 49.6 Å². The second-order valence-electron chi connectivity index (χ2n) is 7.39. The predicted molar refractivity (Wildman–Crippen MR) is 131 cm³/mol. The number of carbonyl (C=O) groups is 2. The highest BCUT2D eigenvalue weighted by molar-refractivity contribution is 7.22. The Labute approximate surface area is 201 Å². The van der Waals surface area contributed by atoms with Crippen molar-refractivity contribution in [2.75, 3.05) is 11.5 Å². The van der Waals surface area contributed by atoms with Crippen molar-refractivity contribution in [3.63, 3.8) is 0 Å². The minimum Gasteiger partial charge on any atom is -0.503 e. The molecule has 7 nitrogen and oxygen atoms in total. The number of amides is 1. The molecule has 0 spiro atoms. The summed E-state index contributed by atoms with van der Waals surface area (Å²) in [6.07, 6.45) is 0. The number of ether oxygens (including phenoxy) is 1. The lowest BCUT2D eigenvalue weighted by Crippen LogP contribution is -2.30. The highest BCUT2D eigenvalue weighted by Gasteiger charge is 2.47. The van der Waals surface area contributed by atoms with Crippen LogP contribution in [-0.2, 0) is 4.79 Å². The number of carbonyl (C=O) groups excluding carboxylic acids is 2.